The van der Waals surface area contributed by atoms with Crippen molar-refractivity contribution in [2.24, 2.45) is 0 Å². The lowest BCUT2D eigenvalue weighted by molar-refractivity contribution is -0.123. The molecule has 5 heteroatoms. The summed E-state index contributed by atoms with van der Waals surface area (Å²) < 4.78 is 2.68. The highest BCUT2D eigenvalue weighted by Gasteiger charge is 2.16. The Morgan fingerprint density at radius 3 is 2.38 bits per heavy atom. The Morgan fingerprint density at radius 1 is 1.44 bits per heavy atom. The normalized spacial score (nSPS) is 11.6. The van der Waals surface area contributed by atoms with E-state index in [1.54, 1.807) is 4.68 Å². The number of carbonyl (C=O) groups excluding carboxylic acids is 1. The third-order valence-corrected chi connectivity index (χ3v) is 3.25. The predicted octanol–water partition coefficient (Wildman–Crippen LogP) is 2.18. The van der Waals surface area contributed by atoms with E-state index in [2.05, 4.69) is 26.3 Å². The number of hydrogen-bond acceptors (Lipinski definition) is 2. The minimum absolute atomic E-state index is 0.0226. The van der Waals surface area contributed by atoms with E-state index in [4.69, 9.17) is 0 Å². The zero-order valence-electron chi connectivity index (χ0n) is 10.4. The maximum Gasteiger partial charge on any atom is 0.242 e. The second-order valence-electron chi connectivity index (χ2n) is 4.94. The zero-order valence-corrected chi connectivity index (χ0v) is 12.0. The molecule has 0 fully saturated rings. The second kappa shape index (κ2) is 4.57. The number of nitrogens with one attached hydrogen (secondary N) is 1. The van der Waals surface area contributed by atoms with Gasteiger partial charge in [-0.1, -0.05) is 0 Å². The number of amides is 1. The summed E-state index contributed by atoms with van der Waals surface area (Å²) in [6.07, 6.45) is 0. The molecule has 0 bridgehead atoms. The van der Waals surface area contributed by atoms with E-state index in [-0.39, 0.29) is 18.0 Å². The summed E-state index contributed by atoms with van der Waals surface area (Å²) in [4.78, 5) is 11.7. The van der Waals surface area contributed by atoms with Crippen LogP contribution in [0.5, 0.6) is 0 Å². The summed E-state index contributed by atoms with van der Waals surface area (Å²) in [6, 6.07) is 0. The monoisotopic (exact) mass is 287 g/mol. The lowest BCUT2D eigenvalue weighted by Crippen LogP contribution is -2.42. The van der Waals surface area contributed by atoms with Crippen LogP contribution in [0.15, 0.2) is 4.47 Å². The average molecular weight is 288 g/mol. The Kier molecular flexibility index (Phi) is 3.78. The van der Waals surface area contributed by atoms with Gasteiger partial charge >= 0.3 is 0 Å². The molecule has 1 N–H and O–H groups in total. The first-order valence-electron chi connectivity index (χ1n) is 5.21. The Balaban J connectivity index is 2.74. The van der Waals surface area contributed by atoms with E-state index in [1.807, 2.05) is 34.6 Å². The number of carbonyl (C=O) groups is 1. The van der Waals surface area contributed by atoms with Crippen LogP contribution in [0.1, 0.15) is 32.2 Å². The molecule has 0 saturated heterocycles. The smallest absolute Gasteiger partial charge is 0.242 e. The summed E-state index contributed by atoms with van der Waals surface area (Å²) in [5.41, 5.74) is 1.67. The minimum atomic E-state index is -0.204. The first kappa shape index (κ1) is 13.2. The van der Waals surface area contributed by atoms with Crippen LogP contribution in [-0.4, -0.2) is 21.2 Å². The molecule has 0 spiro atoms. The van der Waals surface area contributed by atoms with Gasteiger partial charge in [-0.15, -0.1) is 0 Å². The lowest BCUT2D eigenvalue weighted by Gasteiger charge is -2.20. The van der Waals surface area contributed by atoms with Crippen LogP contribution in [0.3, 0.4) is 0 Å². The third-order valence-electron chi connectivity index (χ3n) is 2.10. The fourth-order valence-electron chi connectivity index (χ4n) is 1.42. The minimum Gasteiger partial charge on any atom is -0.350 e. The van der Waals surface area contributed by atoms with Gasteiger partial charge in [0.2, 0.25) is 5.91 Å². The SMILES string of the molecule is Cc1nn(CC(=O)NC(C)(C)C)c(C)c1Br. The Morgan fingerprint density at radius 2 is 2.00 bits per heavy atom. The largest absolute Gasteiger partial charge is 0.350 e. The second-order valence-corrected chi connectivity index (χ2v) is 5.73. The molecule has 1 heterocycles. The van der Waals surface area contributed by atoms with E-state index in [0.717, 1.165) is 15.9 Å². The molecule has 1 aromatic rings. The van der Waals surface area contributed by atoms with E-state index in [9.17, 15) is 4.79 Å². The van der Waals surface area contributed by atoms with Gasteiger partial charge in [0.1, 0.15) is 6.54 Å². The molecule has 1 amide bonds. The van der Waals surface area contributed by atoms with Crippen molar-refractivity contribution in [1.29, 1.82) is 0 Å². The predicted molar refractivity (Wildman–Crippen MR) is 67.3 cm³/mol. The van der Waals surface area contributed by atoms with Crippen LogP contribution < -0.4 is 5.32 Å². The lowest BCUT2D eigenvalue weighted by atomic mass is 10.1. The van der Waals surface area contributed by atoms with Gasteiger partial charge in [-0.05, 0) is 50.5 Å². The van der Waals surface area contributed by atoms with Crippen molar-refractivity contribution in [3.05, 3.63) is 15.9 Å². The van der Waals surface area contributed by atoms with Gasteiger partial charge in [-0.25, -0.2) is 0 Å². The molecule has 0 saturated carbocycles. The fourth-order valence-corrected chi connectivity index (χ4v) is 1.71. The van der Waals surface area contributed by atoms with E-state index in [1.165, 1.54) is 0 Å². The third kappa shape index (κ3) is 3.33. The standard InChI is InChI=1S/C11H18BrN3O/c1-7-10(12)8(2)15(14-7)6-9(16)13-11(3,4)5/h6H2,1-5H3,(H,13,16). The van der Waals surface area contributed by atoms with E-state index >= 15 is 0 Å². The van der Waals surface area contributed by atoms with Crippen LogP contribution in [-0.2, 0) is 11.3 Å². The van der Waals surface area contributed by atoms with Gasteiger partial charge in [-0.3, -0.25) is 9.48 Å². The highest BCUT2D eigenvalue weighted by Crippen LogP contribution is 2.19. The molecule has 0 aromatic carbocycles. The van der Waals surface area contributed by atoms with Crippen molar-refractivity contribution >= 4 is 21.8 Å². The quantitative estimate of drug-likeness (QED) is 0.906. The summed E-state index contributed by atoms with van der Waals surface area (Å²) >= 11 is 3.44. The van der Waals surface area contributed by atoms with Gasteiger partial charge in [0.25, 0.3) is 0 Å². The summed E-state index contributed by atoms with van der Waals surface area (Å²) in [7, 11) is 0. The molecular formula is C11H18BrN3O. The Hall–Kier alpha value is -0.840. The molecule has 0 radical (unpaired) electrons. The van der Waals surface area contributed by atoms with Crippen molar-refractivity contribution in [1.82, 2.24) is 15.1 Å². The number of nitrogens with zero attached hydrogens (tertiary/aromatic N) is 2. The summed E-state index contributed by atoms with van der Waals surface area (Å²) in [5.74, 6) is -0.0226. The molecule has 1 rings (SSSR count). The highest BCUT2D eigenvalue weighted by atomic mass is 79.9. The molecule has 90 valence electrons. The number of rotatable bonds is 2. The maximum atomic E-state index is 11.7. The topological polar surface area (TPSA) is 46.9 Å². The first-order chi connectivity index (χ1) is 7.20. The molecule has 4 nitrogen and oxygen atoms in total. The van der Waals surface area contributed by atoms with Gasteiger partial charge in [0, 0.05) is 5.54 Å². The number of halogens is 1. The van der Waals surface area contributed by atoms with Crippen LogP contribution in [0, 0.1) is 13.8 Å². The van der Waals surface area contributed by atoms with E-state index in [0.29, 0.717) is 0 Å². The van der Waals surface area contributed by atoms with Gasteiger partial charge in [-0.2, -0.15) is 5.10 Å². The van der Waals surface area contributed by atoms with Crippen molar-refractivity contribution in [2.75, 3.05) is 0 Å². The molecule has 0 aliphatic carbocycles. The molecule has 0 unspecified atom stereocenters. The highest BCUT2D eigenvalue weighted by molar-refractivity contribution is 9.10. The molecular weight excluding hydrogens is 270 g/mol. The molecule has 16 heavy (non-hydrogen) atoms. The van der Waals surface area contributed by atoms with Crippen molar-refractivity contribution < 1.29 is 4.79 Å². The number of hydrogen-bond donors (Lipinski definition) is 1. The zero-order chi connectivity index (χ0) is 12.5. The fraction of sp³-hybridized carbons (Fsp3) is 0.636. The Bertz CT molecular complexity index is 404. The van der Waals surface area contributed by atoms with Crippen molar-refractivity contribution in [3.63, 3.8) is 0 Å². The molecule has 0 aliphatic rings. The molecule has 0 aliphatic heterocycles. The van der Waals surface area contributed by atoms with Crippen LogP contribution in [0.25, 0.3) is 0 Å². The van der Waals surface area contributed by atoms with Gasteiger partial charge in [0.15, 0.2) is 0 Å². The van der Waals surface area contributed by atoms with Gasteiger partial charge in [0.05, 0.1) is 15.9 Å². The van der Waals surface area contributed by atoms with E-state index < -0.39 is 0 Å². The van der Waals surface area contributed by atoms with Crippen LogP contribution >= 0.6 is 15.9 Å². The average Bonchev–Trinajstić information content (AvgIpc) is 2.30. The molecule has 1 aromatic heterocycles. The van der Waals surface area contributed by atoms with Crippen molar-refractivity contribution in [3.8, 4) is 0 Å². The van der Waals surface area contributed by atoms with Gasteiger partial charge < -0.3 is 5.32 Å². The van der Waals surface area contributed by atoms with Crippen LogP contribution in [0.4, 0.5) is 0 Å². The first-order valence-corrected chi connectivity index (χ1v) is 6.00. The Labute approximate surface area is 105 Å². The van der Waals surface area contributed by atoms with Crippen molar-refractivity contribution in [2.45, 2.75) is 46.7 Å². The van der Waals surface area contributed by atoms with Crippen LogP contribution in [0.2, 0.25) is 0 Å². The number of aromatic nitrogens is 2. The maximum absolute atomic E-state index is 11.7. The molecule has 0 atom stereocenters. The summed E-state index contributed by atoms with van der Waals surface area (Å²) in [6.45, 7) is 9.99. The summed E-state index contributed by atoms with van der Waals surface area (Å²) in [5, 5.41) is 7.20. The number of aryl methyl sites for hydroxylation is 1.